The van der Waals surface area contributed by atoms with Gasteiger partial charge < -0.3 is 18.6 Å². The first kappa shape index (κ1) is 15.9. The normalized spacial score (nSPS) is 11.3. The summed E-state index contributed by atoms with van der Waals surface area (Å²) in [5.41, 5.74) is -1.42. The monoisotopic (exact) mass is 306 g/mol. The molecule has 0 spiro atoms. The van der Waals surface area contributed by atoms with E-state index in [2.05, 4.69) is 0 Å². The zero-order valence-electron chi connectivity index (χ0n) is 13.2. The van der Waals surface area contributed by atoms with Crippen molar-refractivity contribution in [1.29, 1.82) is 0 Å². The predicted molar refractivity (Wildman–Crippen MR) is 80.8 cm³/mol. The molecule has 0 atom stereocenters. The lowest BCUT2D eigenvalue weighted by Gasteiger charge is -2.19. The maximum absolute atomic E-state index is 12.1. The molecule has 0 radical (unpaired) electrons. The van der Waals surface area contributed by atoms with Crippen LogP contribution in [0.2, 0.25) is 0 Å². The van der Waals surface area contributed by atoms with Gasteiger partial charge in [0.15, 0.2) is 11.3 Å². The highest BCUT2D eigenvalue weighted by atomic mass is 16.6. The number of carbonyl (C=O) groups excluding carboxylic acids is 1. The Hall–Kier alpha value is -2.50. The van der Waals surface area contributed by atoms with Crippen LogP contribution in [0.4, 0.5) is 0 Å². The Morgan fingerprint density at radius 1 is 1.14 bits per heavy atom. The van der Waals surface area contributed by atoms with Crippen LogP contribution in [0.1, 0.15) is 31.1 Å². The minimum atomic E-state index is -0.784. The summed E-state index contributed by atoms with van der Waals surface area (Å²) in [6, 6.07) is 4.77. The summed E-state index contributed by atoms with van der Waals surface area (Å²) in [4.78, 5) is 24.1. The first-order valence-corrected chi connectivity index (χ1v) is 6.69. The number of hydrogen-bond donors (Lipinski definition) is 0. The molecule has 0 aliphatic rings. The molecule has 2 rings (SSSR count). The smallest absolute Gasteiger partial charge is 0.351 e. The molecular formula is C16H18O6. The third-order valence-corrected chi connectivity index (χ3v) is 2.86. The summed E-state index contributed by atoms with van der Waals surface area (Å²) < 4.78 is 20.8. The van der Waals surface area contributed by atoms with E-state index in [1.807, 2.05) is 0 Å². The maximum atomic E-state index is 12.1. The second-order valence-corrected chi connectivity index (χ2v) is 5.67. The molecule has 0 N–H and O–H groups in total. The Morgan fingerprint density at radius 2 is 1.82 bits per heavy atom. The van der Waals surface area contributed by atoms with E-state index in [0.717, 1.165) is 0 Å². The average molecular weight is 306 g/mol. The molecule has 22 heavy (non-hydrogen) atoms. The van der Waals surface area contributed by atoms with E-state index < -0.39 is 17.2 Å². The first-order valence-electron chi connectivity index (χ1n) is 6.69. The number of hydrogen-bond acceptors (Lipinski definition) is 6. The van der Waals surface area contributed by atoms with Gasteiger partial charge in [0.1, 0.15) is 11.2 Å². The van der Waals surface area contributed by atoms with Crippen molar-refractivity contribution in [2.75, 3.05) is 14.2 Å². The van der Waals surface area contributed by atoms with E-state index in [1.54, 1.807) is 32.9 Å². The molecule has 0 saturated heterocycles. The highest BCUT2D eigenvalue weighted by Crippen LogP contribution is 2.34. The van der Waals surface area contributed by atoms with Crippen LogP contribution in [-0.2, 0) is 4.74 Å². The SMILES string of the molecule is COc1ccc2cc(C(=O)OC(C)(C)C)c(=O)oc2c1OC. The molecule has 1 heterocycles. The fourth-order valence-corrected chi connectivity index (χ4v) is 1.97. The summed E-state index contributed by atoms with van der Waals surface area (Å²) in [6.07, 6.45) is 0. The van der Waals surface area contributed by atoms with Crippen LogP contribution >= 0.6 is 0 Å². The lowest BCUT2D eigenvalue weighted by Crippen LogP contribution is -2.27. The van der Waals surface area contributed by atoms with Crippen molar-refractivity contribution in [2.24, 2.45) is 0 Å². The molecule has 1 aromatic heterocycles. The third-order valence-electron chi connectivity index (χ3n) is 2.86. The summed E-state index contributed by atoms with van der Waals surface area (Å²) in [7, 11) is 2.93. The largest absolute Gasteiger partial charge is 0.493 e. The van der Waals surface area contributed by atoms with Gasteiger partial charge >= 0.3 is 11.6 Å². The number of fused-ring (bicyclic) bond motifs is 1. The summed E-state index contributed by atoms with van der Waals surface area (Å²) in [5.74, 6) is 0.00828. The molecule has 6 nitrogen and oxygen atoms in total. The van der Waals surface area contributed by atoms with Crippen molar-refractivity contribution in [2.45, 2.75) is 26.4 Å². The molecule has 118 valence electrons. The van der Waals surface area contributed by atoms with Crippen molar-refractivity contribution in [3.8, 4) is 11.5 Å². The van der Waals surface area contributed by atoms with Gasteiger partial charge in [-0.3, -0.25) is 0 Å². The Labute approximate surface area is 127 Å². The molecule has 0 bridgehead atoms. The molecule has 0 fully saturated rings. The van der Waals surface area contributed by atoms with Crippen molar-refractivity contribution in [3.63, 3.8) is 0 Å². The van der Waals surface area contributed by atoms with E-state index in [0.29, 0.717) is 16.9 Å². The fourth-order valence-electron chi connectivity index (χ4n) is 1.97. The molecule has 0 saturated carbocycles. The van der Waals surface area contributed by atoms with Crippen molar-refractivity contribution in [3.05, 3.63) is 34.2 Å². The van der Waals surface area contributed by atoms with Gasteiger partial charge in [0.2, 0.25) is 5.75 Å². The number of methoxy groups -OCH3 is 2. The van der Waals surface area contributed by atoms with Crippen molar-refractivity contribution in [1.82, 2.24) is 0 Å². The van der Waals surface area contributed by atoms with E-state index in [9.17, 15) is 9.59 Å². The quantitative estimate of drug-likeness (QED) is 0.641. The van der Waals surface area contributed by atoms with Crippen molar-refractivity contribution < 1.29 is 23.4 Å². The number of esters is 1. The van der Waals surface area contributed by atoms with E-state index in [1.165, 1.54) is 20.3 Å². The predicted octanol–water partition coefficient (Wildman–Crippen LogP) is 2.77. The highest BCUT2D eigenvalue weighted by Gasteiger charge is 2.23. The Balaban J connectivity index is 2.60. The zero-order chi connectivity index (χ0) is 16.5. The molecule has 6 heteroatoms. The fraction of sp³-hybridized carbons (Fsp3) is 0.375. The Kier molecular flexibility index (Phi) is 4.12. The van der Waals surface area contributed by atoms with Crippen LogP contribution in [0.5, 0.6) is 11.5 Å². The van der Waals surface area contributed by atoms with Crippen LogP contribution in [0.3, 0.4) is 0 Å². The number of carbonyl (C=O) groups is 1. The lowest BCUT2D eigenvalue weighted by atomic mass is 10.1. The standard InChI is InChI=1S/C16H18O6/c1-16(2,3)22-15(18)10-8-9-6-7-11(19-4)13(20-5)12(9)21-14(10)17/h6-8H,1-5H3. The van der Waals surface area contributed by atoms with Gasteiger partial charge in [-0.15, -0.1) is 0 Å². The second-order valence-electron chi connectivity index (χ2n) is 5.67. The molecule has 2 aromatic rings. The number of benzene rings is 1. The molecule has 0 amide bonds. The van der Waals surface area contributed by atoms with Gasteiger partial charge in [-0.1, -0.05) is 0 Å². The summed E-state index contributed by atoms with van der Waals surface area (Å²) >= 11 is 0. The van der Waals surface area contributed by atoms with Crippen LogP contribution < -0.4 is 15.1 Å². The minimum Gasteiger partial charge on any atom is -0.493 e. The van der Waals surface area contributed by atoms with E-state index in [4.69, 9.17) is 18.6 Å². The lowest BCUT2D eigenvalue weighted by molar-refractivity contribution is 0.00654. The second kappa shape index (κ2) is 5.71. The third kappa shape index (κ3) is 3.05. The molecule has 1 aromatic carbocycles. The Morgan fingerprint density at radius 3 is 2.36 bits per heavy atom. The van der Waals surface area contributed by atoms with Gasteiger partial charge in [-0.2, -0.15) is 0 Å². The van der Waals surface area contributed by atoms with Crippen LogP contribution in [0, 0.1) is 0 Å². The minimum absolute atomic E-state index is 0.158. The van der Waals surface area contributed by atoms with E-state index in [-0.39, 0.29) is 11.1 Å². The number of ether oxygens (including phenoxy) is 3. The summed E-state index contributed by atoms with van der Waals surface area (Å²) in [5, 5.41) is 0.540. The summed E-state index contributed by atoms with van der Waals surface area (Å²) in [6.45, 7) is 5.17. The van der Waals surface area contributed by atoms with Crippen LogP contribution in [-0.4, -0.2) is 25.8 Å². The van der Waals surface area contributed by atoms with Gasteiger partial charge in [0.05, 0.1) is 14.2 Å². The van der Waals surface area contributed by atoms with E-state index >= 15 is 0 Å². The average Bonchev–Trinajstić information content (AvgIpc) is 2.43. The van der Waals surface area contributed by atoms with Gasteiger partial charge in [0.25, 0.3) is 0 Å². The van der Waals surface area contributed by atoms with Crippen LogP contribution in [0.25, 0.3) is 11.0 Å². The first-order chi connectivity index (χ1) is 10.3. The molecular weight excluding hydrogens is 288 g/mol. The maximum Gasteiger partial charge on any atom is 0.351 e. The van der Waals surface area contributed by atoms with Crippen molar-refractivity contribution >= 4 is 16.9 Å². The molecule has 0 aliphatic carbocycles. The highest BCUT2D eigenvalue weighted by molar-refractivity contribution is 5.94. The number of rotatable bonds is 3. The van der Waals surface area contributed by atoms with Gasteiger partial charge in [-0.25, -0.2) is 9.59 Å². The molecule has 0 aliphatic heterocycles. The zero-order valence-corrected chi connectivity index (χ0v) is 13.2. The topological polar surface area (TPSA) is 75.0 Å². The molecule has 0 unspecified atom stereocenters. The van der Waals surface area contributed by atoms with Gasteiger partial charge in [0, 0.05) is 5.39 Å². The Bertz CT molecular complexity index is 767. The van der Waals surface area contributed by atoms with Gasteiger partial charge in [-0.05, 0) is 39.0 Å². The van der Waals surface area contributed by atoms with Crippen LogP contribution in [0.15, 0.2) is 27.4 Å².